The molecule has 1 N–H and O–H groups in total. The molecule has 3 aromatic rings. The van der Waals surface area contributed by atoms with Crippen molar-refractivity contribution in [3.63, 3.8) is 0 Å². The Morgan fingerprint density at radius 1 is 0.957 bits per heavy atom. The molecule has 0 aliphatic heterocycles. The molecule has 8 fully saturated rings. The highest BCUT2D eigenvalue weighted by molar-refractivity contribution is 7.93. The Morgan fingerprint density at radius 2 is 1.63 bits per heavy atom. The number of hydrogen-bond acceptors (Lipinski definition) is 6. The van der Waals surface area contributed by atoms with Crippen molar-refractivity contribution in [1.82, 2.24) is 10.1 Å². The molecule has 46 heavy (non-hydrogen) atoms. The van der Waals surface area contributed by atoms with Crippen LogP contribution in [0.1, 0.15) is 102 Å². The molecule has 10 heteroatoms. The maximum atomic E-state index is 14.7. The SMILES string of the molecule is CC1(c2nc(C34CCC(CN(C(=O)C56CC(F)(C5)C6)c5cccc(-c6ccc(NS(=O)(=O)C7CC7)cc6)c5)(CC3)CC4)no2)CC1. The van der Waals surface area contributed by atoms with Gasteiger partial charge in [0.15, 0.2) is 5.82 Å². The van der Waals surface area contributed by atoms with Gasteiger partial charge in [0.2, 0.25) is 21.8 Å². The van der Waals surface area contributed by atoms with Crippen LogP contribution in [0.3, 0.4) is 0 Å². The van der Waals surface area contributed by atoms with E-state index in [1.807, 2.05) is 35.2 Å². The second-order valence-electron chi connectivity index (χ2n) is 16.1. The standard InChI is InChI=1S/C36H41FN4O4S/c1-32(11-12-32)30-38-29(39-45-30)34-16-13-33(14-17-34,15-18-34)23-41(31(42)35-20-36(37,21-35)22-35)27-4-2-3-25(19-27)24-5-7-26(8-6-24)40-46(43,44)28-9-10-28/h2-8,19,28,40H,9-18,20-23H2,1H3. The highest BCUT2D eigenvalue weighted by atomic mass is 32.2. The van der Waals surface area contributed by atoms with Crippen LogP contribution >= 0.6 is 0 Å². The molecular weight excluding hydrogens is 603 g/mol. The van der Waals surface area contributed by atoms with E-state index < -0.39 is 21.1 Å². The molecule has 8 nitrogen and oxygen atoms in total. The van der Waals surface area contributed by atoms with Crippen molar-refractivity contribution in [2.24, 2.45) is 10.8 Å². The van der Waals surface area contributed by atoms with E-state index in [1.54, 1.807) is 12.1 Å². The van der Waals surface area contributed by atoms with Gasteiger partial charge in [-0.05, 0) is 124 Å². The fraction of sp³-hybridized carbons (Fsp3) is 0.583. The van der Waals surface area contributed by atoms with E-state index in [0.717, 1.165) is 79.9 Å². The third kappa shape index (κ3) is 4.56. The van der Waals surface area contributed by atoms with Gasteiger partial charge in [-0.1, -0.05) is 36.3 Å². The van der Waals surface area contributed by atoms with Crippen LogP contribution in [-0.2, 0) is 25.6 Å². The first-order chi connectivity index (χ1) is 21.9. The van der Waals surface area contributed by atoms with Gasteiger partial charge in [-0.3, -0.25) is 9.52 Å². The Hall–Kier alpha value is -3.27. The van der Waals surface area contributed by atoms with E-state index in [2.05, 4.69) is 22.9 Å². The fourth-order valence-electron chi connectivity index (χ4n) is 8.92. The summed E-state index contributed by atoms with van der Waals surface area (Å²) in [7, 11) is -3.33. The second kappa shape index (κ2) is 9.42. The maximum Gasteiger partial charge on any atom is 0.235 e. The summed E-state index contributed by atoms with van der Waals surface area (Å²) in [6.45, 7) is 2.82. The predicted molar refractivity (Wildman–Crippen MR) is 173 cm³/mol. The zero-order valence-corrected chi connectivity index (χ0v) is 27.2. The first kappa shape index (κ1) is 28.9. The number of nitrogens with zero attached hydrogens (tertiary/aromatic N) is 3. The quantitative estimate of drug-likeness (QED) is 0.250. The summed E-state index contributed by atoms with van der Waals surface area (Å²) in [5.41, 5.74) is 1.57. The van der Waals surface area contributed by atoms with Gasteiger partial charge in [-0.2, -0.15) is 4.98 Å². The molecule has 8 aliphatic rings. The van der Waals surface area contributed by atoms with Crippen LogP contribution < -0.4 is 9.62 Å². The number of nitrogens with one attached hydrogen (secondary N) is 1. The number of amides is 1. The molecule has 242 valence electrons. The van der Waals surface area contributed by atoms with Gasteiger partial charge in [0.05, 0.1) is 10.7 Å². The van der Waals surface area contributed by atoms with Crippen molar-refractivity contribution in [3.05, 3.63) is 60.2 Å². The molecule has 1 aromatic heterocycles. The number of hydrogen-bond donors (Lipinski definition) is 1. The van der Waals surface area contributed by atoms with Crippen molar-refractivity contribution in [2.45, 2.75) is 112 Å². The summed E-state index contributed by atoms with van der Waals surface area (Å²) in [4.78, 5) is 21.2. The lowest BCUT2D eigenvalue weighted by atomic mass is 9.41. The number of sulfonamides is 1. The van der Waals surface area contributed by atoms with Crippen LogP contribution in [0.4, 0.5) is 15.8 Å². The molecule has 0 saturated heterocycles. The minimum Gasteiger partial charge on any atom is -0.339 e. The number of fused-ring (bicyclic) bond motifs is 3. The van der Waals surface area contributed by atoms with Gasteiger partial charge in [0.25, 0.3) is 0 Å². The van der Waals surface area contributed by atoms with Crippen molar-refractivity contribution >= 4 is 27.3 Å². The number of benzene rings is 2. The maximum absolute atomic E-state index is 14.7. The predicted octanol–water partition coefficient (Wildman–Crippen LogP) is 7.21. The number of alkyl halides is 1. The number of rotatable bonds is 10. The molecule has 1 heterocycles. The normalized spacial score (nSPS) is 33.5. The third-order valence-electron chi connectivity index (χ3n) is 12.6. The molecular formula is C36H41FN4O4S. The van der Waals surface area contributed by atoms with Crippen LogP contribution in [0, 0.1) is 10.8 Å². The summed E-state index contributed by atoms with van der Waals surface area (Å²) >= 11 is 0. The van der Waals surface area contributed by atoms with Crippen LogP contribution in [-0.4, -0.2) is 41.9 Å². The highest BCUT2D eigenvalue weighted by Gasteiger charge is 2.73. The van der Waals surface area contributed by atoms with E-state index in [-0.39, 0.29) is 27.4 Å². The summed E-state index contributed by atoms with van der Waals surface area (Å²) in [5.74, 6) is 1.72. The van der Waals surface area contributed by atoms with Gasteiger partial charge in [-0.25, -0.2) is 12.8 Å². The number of carbonyl (C=O) groups is 1. The first-order valence-corrected chi connectivity index (χ1v) is 18.5. The Kier molecular flexibility index (Phi) is 5.92. The first-order valence-electron chi connectivity index (χ1n) is 17.0. The molecule has 2 aromatic carbocycles. The zero-order chi connectivity index (χ0) is 31.6. The number of aromatic nitrogens is 2. The van der Waals surface area contributed by atoms with Gasteiger partial charge >= 0.3 is 0 Å². The van der Waals surface area contributed by atoms with E-state index in [9.17, 15) is 17.6 Å². The molecule has 8 saturated carbocycles. The summed E-state index contributed by atoms with van der Waals surface area (Å²) in [5, 5.41) is 4.20. The molecule has 8 aliphatic carbocycles. The van der Waals surface area contributed by atoms with Crippen LogP contribution in [0.2, 0.25) is 0 Å². The second-order valence-corrected chi connectivity index (χ2v) is 18.1. The summed E-state index contributed by atoms with van der Waals surface area (Å²) in [6, 6.07) is 15.5. The van der Waals surface area contributed by atoms with Crippen molar-refractivity contribution in [2.75, 3.05) is 16.2 Å². The van der Waals surface area contributed by atoms with Crippen LogP contribution in [0.5, 0.6) is 0 Å². The lowest BCUT2D eigenvalue weighted by Gasteiger charge is -2.65. The molecule has 0 spiro atoms. The van der Waals surface area contributed by atoms with Crippen molar-refractivity contribution < 1.29 is 22.1 Å². The smallest absolute Gasteiger partial charge is 0.235 e. The van der Waals surface area contributed by atoms with E-state index >= 15 is 0 Å². The highest BCUT2D eigenvalue weighted by Crippen LogP contribution is 2.70. The largest absolute Gasteiger partial charge is 0.339 e. The van der Waals surface area contributed by atoms with Gasteiger partial charge < -0.3 is 9.42 Å². The molecule has 0 unspecified atom stereocenters. The molecule has 0 atom stereocenters. The minimum atomic E-state index is -3.33. The monoisotopic (exact) mass is 644 g/mol. The number of anilines is 2. The molecule has 4 bridgehead atoms. The lowest BCUT2D eigenvalue weighted by molar-refractivity contribution is -0.211. The van der Waals surface area contributed by atoms with Crippen molar-refractivity contribution in [1.29, 1.82) is 0 Å². The van der Waals surface area contributed by atoms with Gasteiger partial charge in [0, 0.05) is 28.7 Å². The Bertz CT molecular complexity index is 1800. The minimum absolute atomic E-state index is 0.000242. The van der Waals surface area contributed by atoms with Gasteiger partial charge in [-0.15, -0.1) is 0 Å². The number of halogens is 1. The Morgan fingerprint density at radius 3 is 2.24 bits per heavy atom. The summed E-state index contributed by atoms with van der Waals surface area (Å²) < 4.78 is 47.9. The number of carbonyl (C=O) groups excluding carboxylic acids is 1. The fourth-order valence-corrected chi connectivity index (χ4v) is 10.3. The Labute approximate surface area is 269 Å². The van der Waals surface area contributed by atoms with E-state index in [1.165, 1.54) is 0 Å². The molecule has 1 amide bonds. The average molecular weight is 645 g/mol. The molecule has 0 radical (unpaired) electrons. The van der Waals surface area contributed by atoms with Crippen molar-refractivity contribution in [3.8, 4) is 11.1 Å². The van der Waals surface area contributed by atoms with E-state index in [0.29, 0.717) is 44.3 Å². The lowest BCUT2D eigenvalue weighted by Crippen LogP contribution is -2.71. The topological polar surface area (TPSA) is 105 Å². The Balaban J connectivity index is 0.966. The van der Waals surface area contributed by atoms with Gasteiger partial charge in [0.1, 0.15) is 5.67 Å². The van der Waals surface area contributed by atoms with Crippen LogP contribution in [0.25, 0.3) is 11.1 Å². The summed E-state index contributed by atoms with van der Waals surface area (Å²) in [6.07, 6.45) is 10.6. The third-order valence-corrected chi connectivity index (χ3v) is 14.4. The average Bonchev–Trinajstić information content (AvgIpc) is 3.97. The van der Waals surface area contributed by atoms with Crippen LogP contribution in [0.15, 0.2) is 53.1 Å². The van der Waals surface area contributed by atoms with E-state index in [4.69, 9.17) is 9.51 Å². The zero-order valence-electron chi connectivity index (χ0n) is 26.4. The molecule has 11 rings (SSSR count).